The van der Waals surface area contributed by atoms with Gasteiger partial charge in [-0.1, -0.05) is 48.5 Å². The zero-order valence-electron chi connectivity index (χ0n) is 15.7. The van der Waals surface area contributed by atoms with Gasteiger partial charge in [-0.25, -0.2) is 0 Å². The molecular formula is C23H25NO2. The Kier molecular flexibility index (Phi) is 5.27. The van der Waals surface area contributed by atoms with Gasteiger partial charge in [0, 0.05) is 0 Å². The molecule has 0 heterocycles. The Hall–Kier alpha value is -2.81. The minimum Gasteiger partial charge on any atom is -0.481 e. The number of fused-ring (bicyclic) bond motifs is 1. The van der Waals surface area contributed by atoms with Crippen LogP contribution < -0.4 is 10.1 Å². The van der Waals surface area contributed by atoms with Crippen LogP contribution in [0.15, 0.2) is 60.7 Å². The molecule has 0 spiro atoms. The third-order valence-corrected chi connectivity index (χ3v) is 4.79. The maximum absolute atomic E-state index is 12.5. The van der Waals surface area contributed by atoms with Gasteiger partial charge in [0.05, 0.1) is 6.04 Å². The summed E-state index contributed by atoms with van der Waals surface area (Å²) in [4.78, 5) is 12.5. The number of ether oxygens (including phenoxy) is 1. The molecule has 3 heteroatoms. The zero-order chi connectivity index (χ0) is 18.7. The van der Waals surface area contributed by atoms with E-state index >= 15 is 0 Å². The number of benzene rings is 3. The van der Waals surface area contributed by atoms with Crippen LogP contribution in [0.2, 0.25) is 0 Å². The summed E-state index contributed by atoms with van der Waals surface area (Å²) in [7, 11) is 0. The first kappa shape index (κ1) is 18.0. The molecule has 1 N–H and O–H groups in total. The van der Waals surface area contributed by atoms with Crippen LogP contribution in [0, 0.1) is 13.8 Å². The highest BCUT2D eigenvalue weighted by Crippen LogP contribution is 2.22. The zero-order valence-corrected chi connectivity index (χ0v) is 15.7. The van der Waals surface area contributed by atoms with E-state index in [4.69, 9.17) is 4.74 Å². The first-order chi connectivity index (χ1) is 12.4. The van der Waals surface area contributed by atoms with E-state index in [1.807, 2.05) is 43.3 Å². The predicted octanol–water partition coefficient (Wildman–Crippen LogP) is 5.10. The largest absolute Gasteiger partial charge is 0.481 e. The van der Waals surface area contributed by atoms with Gasteiger partial charge < -0.3 is 10.1 Å². The van der Waals surface area contributed by atoms with Crippen molar-refractivity contribution >= 4 is 16.7 Å². The van der Waals surface area contributed by atoms with E-state index < -0.39 is 6.10 Å². The molecule has 3 aromatic carbocycles. The van der Waals surface area contributed by atoms with Gasteiger partial charge >= 0.3 is 0 Å². The first-order valence-corrected chi connectivity index (χ1v) is 8.97. The molecule has 0 radical (unpaired) electrons. The van der Waals surface area contributed by atoms with Crippen molar-refractivity contribution in [1.29, 1.82) is 0 Å². The van der Waals surface area contributed by atoms with E-state index in [2.05, 4.69) is 43.4 Å². The molecule has 3 aromatic rings. The number of hydrogen-bond acceptors (Lipinski definition) is 2. The van der Waals surface area contributed by atoms with Crippen LogP contribution in [-0.4, -0.2) is 12.0 Å². The summed E-state index contributed by atoms with van der Waals surface area (Å²) >= 11 is 0. The lowest BCUT2D eigenvalue weighted by atomic mass is 10.0. The Morgan fingerprint density at radius 3 is 2.35 bits per heavy atom. The van der Waals surface area contributed by atoms with Gasteiger partial charge in [-0.15, -0.1) is 0 Å². The summed E-state index contributed by atoms with van der Waals surface area (Å²) < 4.78 is 5.85. The van der Waals surface area contributed by atoms with E-state index in [1.54, 1.807) is 6.92 Å². The van der Waals surface area contributed by atoms with Crippen molar-refractivity contribution in [2.75, 3.05) is 0 Å². The molecule has 2 atom stereocenters. The van der Waals surface area contributed by atoms with Crippen LogP contribution in [0.25, 0.3) is 10.8 Å². The highest BCUT2D eigenvalue weighted by molar-refractivity contribution is 5.84. The number of carbonyl (C=O) groups is 1. The van der Waals surface area contributed by atoms with E-state index in [-0.39, 0.29) is 11.9 Å². The lowest BCUT2D eigenvalue weighted by Crippen LogP contribution is -2.37. The van der Waals surface area contributed by atoms with Crippen molar-refractivity contribution in [2.24, 2.45) is 0 Å². The molecule has 3 rings (SSSR count). The number of rotatable bonds is 5. The van der Waals surface area contributed by atoms with Crippen LogP contribution in [0.5, 0.6) is 5.75 Å². The van der Waals surface area contributed by atoms with Crippen molar-refractivity contribution in [3.05, 3.63) is 77.4 Å². The van der Waals surface area contributed by atoms with E-state index in [0.29, 0.717) is 5.75 Å². The maximum atomic E-state index is 12.5. The number of aryl methyl sites for hydroxylation is 2. The average Bonchev–Trinajstić information content (AvgIpc) is 2.63. The van der Waals surface area contributed by atoms with Crippen LogP contribution >= 0.6 is 0 Å². The lowest BCUT2D eigenvalue weighted by molar-refractivity contribution is -0.127. The van der Waals surface area contributed by atoms with Gasteiger partial charge in [0.15, 0.2) is 6.10 Å². The molecule has 0 aliphatic carbocycles. The standard InChI is InChI=1S/C23H25NO2/c1-15-9-10-20(13-16(15)2)17(3)24-23(25)18(4)26-22-12-11-19-7-5-6-8-21(19)14-22/h5-14,17-18H,1-4H3,(H,24,25)/t17-,18+/m1/s1. The molecule has 0 saturated heterocycles. The summed E-state index contributed by atoms with van der Waals surface area (Å²) in [6.45, 7) is 7.93. The van der Waals surface area contributed by atoms with Crippen molar-refractivity contribution < 1.29 is 9.53 Å². The van der Waals surface area contributed by atoms with Gasteiger partial charge in [-0.05, 0) is 67.3 Å². The average molecular weight is 347 g/mol. The SMILES string of the molecule is Cc1ccc([C@@H](C)NC(=O)[C@H](C)Oc2ccc3ccccc3c2)cc1C. The second kappa shape index (κ2) is 7.61. The Balaban J connectivity index is 1.65. The highest BCUT2D eigenvalue weighted by atomic mass is 16.5. The Morgan fingerprint density at radius 2 is 1.62 bits per heavy atom. The Labute approximate surface area is 155 Å². The summed E-state index contributed by atoms with van der Waals surface area (Å²) in [5.41, 5.74) is 3.57. The minimum absolute atomic E-state index is 0.0653. The molecule has 3 nitrogen and oxygen atoms in total. The minimum atomic E-state index is -0.565. The monoisotopic (exact) mass is 347 g/mol. The third kappa shape index (κ3) is 4.05. The molecular weight excluding hydrogens is 322 g/mol. The summed E-state index contributed by atoms with van der Waals surface area (Å²) in [6.07, 6.45) is -0.565. The topological polar surface area (TPSA) is 38.3 Å². The first-order valence-electron chi connectivity index (χ1n) is 8.97. The fraction of sp³-hybridized carbons (Fsp3) is 0.261. The molecule has 0 bridgehead atoms. The van der Waals surface area contributed by atoms with E-state index in [1.165, 1.54) is 11.1 Å². The van der Waals surface area contributed by atoms with Crippen molar-refractivity contribution in [3.8, 4) is 5.75 Å². The summed E-state index contributed by atoms with van der Waals surface area (Å²) in [6, 6.07) is 20.2. The third-order valence-electron chi connectivity index (χ3n) is 4.79. The van der Waals surface area contributed by atoms with Gasteiger partial charge in [0.1, 0.15) is 5.75 Å². The van der Waals surface area contributed by atoms with Crippen molar-refractivity contribution in [3.63, 3.8) is 0 Å². The fourth-order valence-electron chi connectivity index (χ4n) is 2.95. The van der Waals surface area contributed by atoms with Crippen LogP contribution in [0.3, 0.4) is 0 Å². The number of amides is 1. The predicted molar refractivity (Wildman–Crippen MR) is 107 cm³/mol. The highest BCUT2D eigenvalue weighted by Gasteiger charge is 2.18. The molecule has 1 amide bonds. The second-order valence-electron chi connectivity index (χ2n) is 6.84. The fourth-order valence-corrected chi connectivity index (χ4v) is 2.95. The molecule has 26 heavy (non-hydrogen) atoms. The van der Waals surface area contributed by atoms with Crippen LogP contribution in [0.1, 0.15) is 36.6 Å². The normalized spacial score (nSPS) is 13.2. The Morgan fingerprint density at radius 1 is 0.885 bits per heavy atom. The van der Waals surface area contributed by atoms with Gasteiger partial charge in [0.25, 0.3) is 5.91 Å². The van der Waals surface area contributed by atoms with Crippen LogP contribution in [0.4, 0.5) is 0 Å². The molecule has 0 aliphatic rings. The lowest BCUT2D eigenvalue weighted by Gasteiger charge is -2.20. The van der Waals surface area contributed by atoms with Gasteiger partial charge in [0.2, 0.25) is 0 Å². The number of carbonyl (C=O) groups excluding carboxylic acids is 1. The van der Waals surface area contributed by atoms with Crippen LogP contribution in [-0.2, 0) is 4.79 Å². The van der Waals surface area contributed by atoms with Gasteiger partial charge in [-0.2, -0.15) is 0 Å². The smallest absolute Gasteiger partial charge is 0.261 e. The number of hydrogen-bond donors (Lipinski definition) is 1. The summed E-state index contributed by atoms with van der Waals surface area (Å²) in [5.74, 6) is 0.578. The van der Waals surface area contributed by atoms with E-state index in [9.17, 15) is 4.79 Å². The number of nitrogens with one attached hydrogen (secondary N) is 1. The molecule has 0 unspecified atom stereocenters. The summed E-state index contributed by atoms with van der Waals surface area (Å²) in [5, 5.41) is 5.29. The molecule has 134 valence electrons. The quantitative estimate of drug-likeness (QED) is 0.697. The van der Waals surface area contributed by atoms with Gasteiger partial charge in [-0.3, -0.25) is 4.79 Å². The van der Waals surface area contributed by atoms with Crippen molar-refractivity contribution in [1.82, 2.24) is 5.32 Å². The maximum Gasteiger partial charge on any atom is 0.261 e. The molecule has 0 fully saturated rings. The molecule has 0 saturated carbocycles. The molecule has 0 aromatic heterocycles. The second-order valence-corrected chi connectivity index (χ2v) is 6.84. The van der Waals surface area contributed by atoms with E-state index in [0.717, 1.165) is 16.3 Å². The Bertz CT molecular complexity index is 932. The van der Waals surface area contributed by atoms with Crippen molar-refractivity contribution in [2.45, 2.75) is 39.8 Å². The molecule has 0 aliphatic heterocycles.